The van der Waals surface area contributed by atoms with E-state index < -0.39 is 0 Å². The van der Waals surface area contributed by atoms with E-state index in [9.17, 15) is 9.59 Å². The number of carbonyl (C=O) groups excluding carboxylic acids is 2. The van der Waals surface area contributed by atoms with Crippen LogP contribution in [-0.2, 0) is 4.79 Å². The molecule has 0 fully saturated rings. The molecule has 6 nitrogen and oxygen atoms in total. The Labute approximate surface area is 142 Å². The first-order valence-corrected chi connectivity index (χ1v) is 8.34. The molecule has 1 aliphatic rings. The van der Waals surface area contributed by atoms with Gasteiger partial charge in [0.05, 0.1) is 22.7 Å². The number of rotatable bonds is 2. The van der Waals surface area contributed by atoms with Crippen LogP contribution in [0.5, 0.6) is 0 Å². The quantitative estimate of drug-likeness (QED) is 0.669. The van der Waals surface area contributed by atoms with Crippen LogP contribution in [-0.4, -0.2) is 27.3 Å². The van der Waals surface area contributed by atoms with Crippen molar-refractivity contribution in [3.8, 4) is 0 Å². The van der Waals surface area contributed by atoms with E-state index >= 15 is 0 Å². The van der Waals surface area contributed by atoms with Gasteiger partial charge in [0, 0.05) is 21.5 Å². The molecule has 0 aliphatic carbocycles. The van der Waals surface area contributed by atoms with Gasteiger partial charge < -0.3 is 10.6 Å². The minimum atomic E-state index is -0.227. The largest absolute Gasteiger partial charge is 0.324 e. The van der Waals surface area contributed by atoms with Crippen molar-refractivity contribution in [1.82, 2.24) is 10.2 Å². The lowest BCUT2D eigenvalue weighted by Crippen LogP contribution is -2.26. The first kappa shape index (κ1) is 14.8. The van der Waals surface area contributed by atoms with Crippen LogP contribution >= 0.6 is 11.8 Å². The standard InChI is InChI=1S/C17H14N4O2S/c1-9-16(22)20-14-6-10(3-5-15(14)24-9)17(23)19-12-4-2-11-8-18-21-13(11)7-12/h2-9H,1H3,(H,18,21)(H,19,23)(H,20,22). The summed E-state index contributed by atoms with van der Waals surface area (Å²) in [4.78, 5) is 25.2. The fourth-order valence-corrected chi connectivity index (χ4v) is 3.50. The molecule has 2 aromatic carbocycles. The molecule has 2 heterocycles. The highest BCUT2D eigenvalue weighted by molar-refractivity contribution is 8.00. The summed E-state index contributed by atoms with van der Waals surface area (Å²) in [6.45, 7) is 1.86. The molecule has 1 aromatic heterocycles. The van der Waals surface area contributed by atoms with Crippen molar-refractivity contribution in [3.05, 3.63) is 48.2 Å². The van der Waals surface area contributed by atoms with Crippen molar-refractivity contribution in [1.29, 1.82) is 0 Å². The van der Waals surface area contributed by atoms with Gasteiger partial charge in [0.1, 0.15) is 0 Å². The molecule has 3 aromatic rings. The number of hydrogen-bond donors (Lipinski definition) is 3. The van der Waals surface area contributed by atoms with Gasteiger partial charge in [-0.1, -0.05) is 0 Å². The van der Waals surface area contributed by atoms with Crippen molar-refractivity contribution in [2.45, 2.75) is 17.1 Å². The maximum absolute atomic E-state index is 12.5. The van der Waals surface area contributed by atoms with E-state index in [-0.39, 0.29) is 17.1 Å². The second-order valence-electron chi connectivity index (χ2n) is 5.59. The monoisotopic (exact) mass is 338 g/mol. The maximum Gasteiger partial charge on any atom is 0.255 e. The zero-order valence-corrected chi connectivity index (χ0v) is 13.6. The Morgan fingerprint density at radius 2 is 2.12 bits per heavy atom. The van der Waals surface area contributed by atoms with Crippen LogP contribution in [0.15, 0.2) is 47.5 Å². The number of fused-ring (bicyclic) bond motifs is 2. The maximum atomic E-state index is 12.5. The number of hydrogen-bond acceptors (Lipinski definition) is 4. The minimum Gasteiger partial charge on any atom is -0.324 e. The van der Waals surface area contributed by atoms with Crippen molar-refractivity contribution < 1.29 is 9.59 Å². The summed E-state index contributed by atoms with van der Waals surface area (Å²) in [5, 5.41) is 13.4. The Morgan fingerprint density at radius 3 is 3.00 bits per heavy atom. The molecule has 1 atom stereocenters. The number of nitrogens with zero attached hydrogens (tertiary/aromatic N) is 1. The molecule has 0 saturated carbocycles. The van der Waals surface area contributed by atoms with E-state index in [1.807, 2.05) is 31.2 Å². The van der Waals surface area contributed by atoms with Gasteiger partial charge in [-0.25, -0.2) is 0 Å². The van der Waals surface area contributed by atoms with Crippen LogP contribution in [0.4, 0.5) is 11.4 Å². The van der Waals surface area contributed by atoms with E-state index in [4.69, 9.17) is 0 Å². The number of thioether (sulfide) groups is 1. The molecule has 0 radical (unpaired) electrons. The van der Waals surface area contributed by atoms with Crippen molar-refractivity contribution >= 4 is 45.9 Å². The second kappa shape index (κ2) is 5.68. The van der Waals surface area contributed by atoms with Crippen LogP contribution in [0.1, 0.15) is 17.3 Å². The summed E-state index contributed by atoms with van der Waals surface area (Å²) in [6, 6.07) is 10.9. The topological polar surface area (TPSA) is 86.9 Å². The third kappa shape index (κ3) is 2.63. The molecular formula is C17H14N4O2S. The molecule has 1 aliphatic heterocycles. The van der Waals surface area contributed by atoms with E-state index in [0.29, 0.717) is 16.9 Å². The number of anilines is 2. The Kier molecular flexibility index (Phi) is 3.50. The summed E-state index contributed by atoms with van der Waals surface area (Å²) in [6.07, 6.45) is 1.73. The Balaban J connectivity index is 1.58. The van der Waals surface area contributed by atoms with Crippen molar-refractivity contribution in [2.24, 2.45) is 0 Å². The fraction of sp³-hybridized carbons (Fsp3) is 0.118. The number of nitrogens with one attached hydrogen (secondary N) is 3. The first-order valence-electron chi connectivity index (χ1n) is 7.46. The van der Waals surface area contributed by atoms with E-state index in [2.05, 4.69) is 20.8 Å². The summed E-state index contributed by atoms with van der Waals surface area (Å²) >= 11 is 1.49. The number of amides is 2. The Hall–Kier alpha value is -2.80. The first-order chi connectivity index (χ1) is 11.6. The lowest BCUT2D eigenvalue weighted by atomic mass is 10.1. The SMILES string of the molecule is CC1Sc2ccc(C(=O)Nc3ccc4cn[nH]c4c3)cc2NC1=O. The molecule has 1 unspecified atom stereocenters. The van der Waals surface area contributed by atoms with Crippen molar-refractivity contribution in [3.63, 3.8) is 0 Å². The highest BCUT2D eigenvalue weighted by Crippen LogP contribution is 2.36. The number of carbonyl (C=O) groups is 2. The van der Waals surface area contributed by atoms with Gasteiger partial charge in [0.25, 0.3) is 5.91 Å². The molecule has 0 spiro atoms. The number of H-pyrrole nitrogens is 1. The van der Waals surface area contributed by atoms with Gasteiger partial charge in [0.15, 0.2) is 0 Å². The molecule has 2 amide bonds. The van der Waals surface area contributed by atoms with Gasteiger partial charge in [-0.3, -0.25) is 14.7 Å². The lowest BCUT2D eigenvalue weighted by molar-refractivity contribution is -0.115. The smallest absolute Gasteiger partial charge is 0.255 e. The zero-order chi connectivity index (χ0) is 16.7. The minimum absolute atomic E-state index is 0.0465. The summed E-state index contributed by atoms with van der Waals surface area (Å²) in [5.74, 6) is -0.274. The third-order valence-electron chi connectivity index (χ3n) is 3.87. The van der Waals surface area contributed by atoms with Gasteiger partial charge in [-0.15, -0.1) is 11.8 Å². The normalized spacial score (nSPS) is 16.5. The highest BCUT2D eigenvalue weighted by Gasteiger charge is 2.23. The van der Waals surface area contributed by atoms with Crippen LogP contribution in [0.25, 0.3) is 10.9 Å². The molecule has 4 rings (SSSR count). The predicted octanol–water partition coefficient (Wildman–Crippen LogP) is 3.25. The van der Waals surface area contributed by atoms with E-state index in [0.717, 1.165) is 15.8 Å². The molecular weight excluding hydrogens is 324 g/mol. The molecule has 120 valence electrons. The summed E-state index contributed by atoms with van der Waals surface area (Å²) in [5.41, 5.74) is 2.71. The number of benzene rings is 2. The molecule has 0 saturated heterocycles. The zero-order valence-electron chi connectivity index (χ0n) is 12.8. The van der Waals surface area contributed by atoms with Gasteiger partial charge in [-0.2, -0.15) is 5.10 Å². The molecule has 3 N–H and O–H groups in total. The molecule has 7 heteroatoms. The van der Waals surface area contributed by atoms with Crippen molar-refractivity contribution in [2.75, 3.05) is 10.6 Å². The van der Waals surface area contributed by atoms with Crippen LogP contribution in [0.2, 0.25) is 0 Å². The number of aromatic amines is 1. The lowest BCUT2D eigenvalue weighted by Gasteiger charge is -2.21. The highest BCUT2D eigenvalue weighted by atomic mass is 32.2. The van der Waals surface area contributed by atoms with E-state index in [1.54, 1.807) is 18.3 Å². The predicted molar refractivity (Wildman–Crippen MR) is 94.4 cm³/mol. The molecule has 24 heavy (non-hydrogen) atoms. The average Bonchev–Trinajstić information content (AvgIpc) is 3.03. The second-order valence-corrected chi connectivity index (χ2v) is 6.97. The third-order valence-corrected chi connectivity index (χ3v) is 5.05. The summed E-state index contributed by atoms with van der Waals surface area (Å²) in [7, 11) is 0. The van der Waals surface area contributed by atoms with Crippen LogP contribution in [0.3, 0.4) is 0 Å². The van der Waals surface area contributed by atoms with E-state index in [1.165, 1.54) is 11.8 Å². The van der Waals surface area contributed by atoms with Gasteiger partial charge in [-0.05, 0) is 43.3 Å². The van der Waals surface area contributed by atoms with Gasteiger partial charge >= 0.3 is 0 Å². The van der Waals surface area contributed by atoms with Crippen LogP contribution < -0.4 is 10.6 Å². The van der Waals surface area contributed by atoms with Crippen LogP contribution in [0, 0.1) is 0 Å². The Morgan fingerprint density at radius 1 is 1.25 bits per heavy atom. The summed E-state index contributed by atoms with van der Waals surface area (Å²) < 4.78 is 0. The fourth-order valence-electron chi connectivity index (χ4n) is 2.57. The number of aromatic nitrogens is 2. The average molecular weight is 338 g/mol. The molecule has 0 bridgehead atoms. The van der Waals surface area contributed by atoms with Gasteiger partial charge in [0.2, 0.25) is 5.91 Å². The Bertz CT molecular complexity index is 966.